The van der Waals surface area contributed by atoms with Gasteiger partial charge in [-0.15, -0.1) is 0 Å². The van der Waals surface area contributed by atoms with Crippen molar-refractivity contribution >= 4 is 12.0 Å². The second-order valence-corrected chi connectivity index (χ2v) is 6.58. The van der Waals surface area contributed by atoms with E-state index in [-0.39, 0.29) is 17.5 Å². The number of hydrogen-bond donors (Lipinski definition) is 1. The molecule has 1 amide bonds. The average Bonchev–Trinajstić information content (AvgIpc) is 2.86. The van der Waals surface area contributed by atoms with Crippen LogP contribution in [0.15, 0.2) is 53.5 Å². The Morgan fingerprint density at radius 2 is 2.00 bits per heavy atom. The van der Waals surface area contributed by atoms with Crippen LogP contribution in [0.3, 0.4) is 0 Å². The number of aryl methyl sites for hydroxylation is 1. The molecule has 1 fully saturated rings. The highest BCUT2D eigenvalue weighted by Gasteiger charge is 2.25. The molecule has 0 radical (unpaired) electrons. The summed E-state index contributed by atoms with van der Waals surface area (Å²) in [5, 5.41) is 0. The summed E-state index contributed by atoms with van der Waals surface area (Å²) >= 11 is 0. The third kappa shape index (κ3) is 4.27. The summed E-state index contributed by atoms with van der Waals surface area (Å²) in [4.78, 5) is 29.1. The number of benzene rings is 1. The lowest BCUT2D eigenvalue weighted by molar-refractivity contribution is 0.0717. The van der Waals surface area contributed by atoms with Gasteiger partial charge in [-0.2, -0.15) is 0 Å². The van der Waals surface area contributed by atoms with Crippen LogP contribution in [-0.2, 0) is 0 Å². The van der Waals surface area contributed by atoms with E-state index in [1.165, 1.54) is 6.07 Å². The maximum Gasteiger partial charge on any atom is 0.256 e. The van der Waals surface area contributed by atoms with E-state index in [2.05, 4.69) is 29.3 Å². The normalized spacial score (nSPS) is 18.3. The summed E-state index contributed by atoms with van der Waals surface area (Å²) in [7, 11) is 0. The van der Waals surface area contributed by atoms with Crippen LogP contribution in [0.5, 0.6) is 0 Å². The molecule has 3 rings (SSSR count). The van der Waals surface area contributed by atoms with E-state index in [9.17, 15) is 9.59 Å². The quantitative estimate of drug-likeness (QED) is 0.927. The lowest BCUT2D eigenvalue weighted by atomic mass is 10.1. The van der Waals surface area contributed by atoms with E-state index in [0.29, 0.717) is 5.56 Å². The van der Waals surface area contributed by atoms with Crippen LogP contribution >= 0.6 is 0 Å². The molecular formula is C21H24N2O2. The molecular weight excluding hydrogens is 312 g/mol. The molecule has 1 aromatic carbocycles. The Labute approximate surface area is 148 Å². The third-order valence-electron chi connectivity index (χ3n) is 4.73. The van der Waals surface area contributed by atoms with Gasteiger partial charge in [0.1, 0.15) is 0 Å². The minimum Gasteiger partial charge on any atom is -0.332 e. The molecule has 4 nitrogen and oxygen atoms in total. The molecule has 25 heavy (non-hydrogen) atoms. The van der Waals surface area contributed by atoms with E-state index >= 15 is 0 Å². The first-order chi connectivity index (χ1) is 12.1. The van der Waals surface area contributed by atoms with Crippen molar-refractivity contribution in [3.8, 4) is 0 Å². The fraction of sp³-hybridized carbons (Fsp3) is 0.333. The Morgan fingerprint density at radius 3 is 2.76 bits per heavy atom. The number of aromatic amines is 1. The van der Waals surface area contributed by atoms with Crippen LogP contribution in [-0.4, -0.2) is 28.4 Å². The first kappa shape index (κ1) is 17.2. The van der Waals surface area contributed by atoms with Gasteiger partial charge in [0.2, 0.25) is 5.56 Å². The van der Waals surface area contributed by atoms with Crippen molar-refractivity contribution < 1.29 is 4.79 Å². The van der Waals surface area contributed by atoms with Crippen molar-refractivity contribution in [2.75, 3.05) is 6.54 Å². The smallest absolute Gasteiger partial charge is 0.256 e. The molecule has 1 atom stereocenters. The van der Waals surface area contributed by atoms with Gasteiger partial charge in [0.05, 0.1) is 11.6 Å². The molecule has 0 bridgehead atoms. The Bertz CT molecular complexity index is 808. The van der Waals surface area contributed by atoms with Crippen molar-refractivity contribution in [1.29, 1.82) is 0 Å². The Balaban J connectivity index is 1.86. The van der Waals surface area contributed by atoms with E-state index in [1.54, 1.807) is 6.20 Å². The molecule has 0 aliphatic carbocycles. The largest absolute Gasteiger partial charge is 0.332 e. The zero-order valence-electron chi connectivity index (χ0n) is 14.6. The standard InChI is InChI=1S/C21H24N2O2/c1-16-14-20(24)22-15-19(16)21(25)23-13-7-3-6-10-18(23)12-11-17-8-4-2-5-9-17/h2,4-5,8-9,11-12,14-15,18H,3,6-7,10,13H2,1H3,(H,22,24). The number of H-pyrrole nitrogens is 1. The summed E-state index contributed by atoms with van der Waals surface area (Å²) < 4.78 is 0. The van der Waals surface area contributed by atoms with Gasteiger partial charge >= 0.3 is 0 Å². The maximum absolute atomic E-state index is 13.1. The summed E-state index contributed by atoms with van der Waals surface area (Å²) in [6.07, 6.45) is 10.0. The molecule has 1 unspecified atom stereocenters. The number of nitrogens with zero attached hydrogens (tertiary/aromatic N) is 1. The highest BCUT2D eigenvalue weighted by atomic mass is 16.2. The van der Waals surface area contributed by atoms with Gasteiger partial charge in [0, 0.05) is 18.8 Å². The van der Waals surface area contributed by atoms with E-state index < -0.39 is 0 Å². The molecule has 1 aliphatic rings. The molecule has 130 valence electrons. The average molecular weight is 336 g/mol. The lowest BCUT2D eigenvalue weighted by Crippen LogP contribution is -2.39. The van der Waals surface area contributed by atoms with Crippen LogP contribution in [0.4, 0.5) is 0 Å². The van der Waals surface area contributed by atoms with E-state index in [4.69, 9.17) is 0 Å². The molecule has 1 saturated heterocycles. The number of hydrogen-bond acceptors (Lipinski definition) is 2. The molecule has 4 heteroatoms. The number of aromatic nitrogens is 1. The number of carbonyl (C=O) groups is 1. The van der Waals surface area contributed by atoms with Crippen LogP contribution in [0, 0.1) is 6.92 Å². The van der Waals surface area contributed by atoms with Gasteiger partial charge in [-0.25, -0.2) is 0 Å². The molecule has 0 spiro atoms. The molecule has 1 aliphatic heterocycles. The number of amides is 1. The predicted octanol–water partition coefficient (Wildman–Crippen LogP) is 3.78. The molecule has 1 N–H and O–H groups in total. The second-order valence-electron chi connectivity index (χ2n) is 6.58. The SMILES string of the molecule is Cc1cc(=O)[nH]cc1C(=O)N1CCCCCC1C=Cc1ccccc1. The number of nitrogens with one attached hydrogen (secondary N) is 1. The maximum atomic E-state index is 13.1. The highest BCUT2D eigenvalue weighted by Crippen LogP contribution is 2.21. The van der Waals surface area contributed by atoms with Gasteiger partial charge in [-0.05, 0) is 30.9 Å². The Morgan fingerprint density at radius 1 is 1.20 bits per heavy atom. The fourth-order valence-corrected chi connectivity index (χ4v) is 3.33. The first-order valence-corrected chi connectivity index (χ1v) is 8.89. The van der Waals surface area contributed by atoms with Gasteiger partial charge in [-0.1, -0.05) is 55.3 Å². The van der Waals surface area contributed by atoms with Crippen molar-refractivity contribution in [3.63, 3.8) is 0 Å². The highest BCUT2D eigenvalue weighted by molar-refractivity contribution is 5.95. The molecule has 2 heterocycles. The first-order valence-electron chi connectivity index (χ1n) is 8.89. The van der Waals surface area contributed by atoms with Gasteiger partial charge in [-0.3, -0.25) is 9.59 Å². The van der Waals surface area contributed by atoms with Crippen molar-refractivity contribution in [1.82, 2.24) is 9.88 Å². The van der Waals surface area contributed by atoms with Gasteiger partial charge in [0.25, 0.3) is 5.91 Å². The van der Waals surface area contributed by atoms with Crippen molar-refractivity contribution in [2.45, 2.75) is 38.6 Å². The van der Waals surface area contributed by atoms with Crippen molar-refractivity contribution in [3.05, 3.63) is 75.7 Å². The van der Waals surface area contributed by atoms with Gasteiger partial charge < -0.3 is 9.88 Å². The monoisotopic (exact) mass is 336 g/mol. The number of rotatable bonds is 3. The second kappa shape index (κ2) is 7.97. The van der Waals surface area contributed by atoms with Crippen LogP contribution in [0.2, 0.25) is 0 Å². The Hall–Kier alpha value is -2.62. The fourth-order valence-electron chi connectivity index (χ4n) is 3.33. The topological polar surface area (TPSA) is 53.2 Å². The summed E-state index contributed by atoms with van der Waals surface area (Å²) in [5.74, 6) is -0.00152. The predicted molar refractivity (Wildman–Crippen MR) is 101 cm³/mol. The zero-order valence-corrected chi connectivity index (χ0v) is 14.6. The van der Waals surface area contributed by atoms with Crippen molar-refractivity contribution in [2.24, 2.45) is 0 Å². The number of likely N-dealkylation sites (tertiary alicyclic amines) is 1. The molecule has 1 aromatic heterocycles. The van der Waals surface area contributed by atoms with Crippen LogP contribution in [0.25, 0.3) is 6.08 Å². The minimum absolute atomic E-state index is 0.00152. The summed E-state index contributed by atoms with van der Waals surface area (Å²) in [6.45, 7) is 2.57. The Kier molecular flexibility index (Phi) is 5.49. The molecule has 2 aromatic rings. The van der Waals surface area contributed by atoms with Crippen LogP contribution < -0.4 is 5.56 Å². The number of carbonyl (C=O) groups excluding carboxylic acids is 1. The minimum atomic E-state index is -0.176. The summed E-state index contributed by atoms with van der Waals surface area (Å²) in [6, 6.07) is 11.7. The number of pyridine rings is 1. The van der Waals surface area contributed by atoms with Gasteiger partial charge in [0.15, 0.2) is 0 Å². The van der Waals surface area contributed by atoms with E-state index in [1.807, 2.05) is 30.0 Å². The van der Waals surface area contributed by atoms with Crippen LogP contribution in [0.1, 0.15) is 47.2 Å². The third-order valence-corrected chi connectivity index (χ3v) is 4.73. The van der Waals surface area contributed by atoms with E-state index in [0.717, 1.165) is 43.4 Å². The zero-order chi connectivity index (χ0) is 17.6. The molecule has 0 saturated carbocycles. The summed E-state index contributed by atoms with van der Waals surface area (Å²) in [5.41, 5.74) is 2.27. The lowest BCUT2D eigenvalue weighted by Gasteiger charge is -2.28.